The molecule has 7 heteroatoms. The van der Waals surface area contributed by atoms with E-state index in [9.17, 15) is 4.79 Å². The van der Waals surface area contributed by atoms with E-state index in [1.165, 1.54) is 10.4 Å². The van der Waals surface area contributed by atoms with Crippen molar-refractivity contribution in [2.45, 2.75) is 25.6 Å². The van der Waals surface area contributed by atoms with Crippen molar-refractivity contribution in [3.63, 3.8) is 0 Å². The summed E-state index contributed by atoms with van der Waals surface area (Å²) < 4.78 is 11.4. The van der Waals surface area contributed by atoms with E-state index >= 15 is 0 Å². The minimum absolute atomic E-state index is 0.193. The molecule has 5 rings (SSSR count). The van der Waals surface area contributed by atoms with E-state index in [1.54, 1.807) is 17.4 Å². The standard InChI is InChI=1S/C22H21N3O3S/c26-21(19-14-27-17-8-4-5-9-18(17)28-19)24-22-23-16-10-11-25(13-20(16)29-22)12-15-6-2-1-3-7-15/h1-9,19H,10-14H2,(H,23,24,26)/t19-/m1/s1. The van der Waals surface area contributed by atoms with Gasteiger partial charge in [0.2, 0.25) is 6.10 Å². The molecule has 2 aliphatic rings. The molecule has 0 saturated carbocycles. The van der Waals surface area contributed by atoms with Crippen LogP contribution in [0.5, 0.6) is 11.5 Å². The Bertz CT molecular complexity index is 1020. The molecular formula is C22H21N3O3S. The summed E-state index contributed by atoms with van der Waals surface area (Å²) in [5.41, 5.74) is 2.39. The molecule has 2 aliphatic heterocycles. The van der Waals surface area contributed by atoms with E-state index in [0.717, 1.165) is 31.7 Å². The number of hydrogen-bond acceptors (Lipinski definition) is 6. The second kappa shape index (κ2) is 7.85. The number of carbonyl (C=O) groups is 1. The third-order valence-corrected chi connectivity index (χ3v) is 6.09. The molecule has 0 saturated heterocycles. The van der Waals surface area contributed by atoms with Crippen LogP contribution in [-0.2, 0) is 24.3 Å². The van der Waals surface area contributed by atoms with Crippen molar-refractivity contribution in [1.29, 1.82) is 0 Å². The second-order valence-electron chi connectivity index (χ2n) is 7.19. The Morgan fingerprint density at radius 3 is 2.79 bits per heavy atom. The van der Waals surface area contributed by atoms with Crippen molar-refractivity contribution >= 4 is 22.4 Å². The van der Waals surface area contributed by atoms with Gasteiger partial charge in [-0.15, -0.1) is 11.3 Å². The number of carbonyl (C=O) groups excluding carboxylic acids is 1. The third-order valence-electron chi connectivity index (χ3n) is 5.09. The first kappa shape index (κ1) is 18.1. The lowest BCUT2D eigenvalue weighted by atomic mass is 10.1. The molecule has 3 aromatic rings. The number of nitrogens with one attached hydrogen (secondary N) is 1. The summed E-state index contributed by atoms with van der Waals surface area (Å²) in [6.07, 6.45) is 0.214. The van der Waals surface area contributed by atoms with Gasteiger partial charge in [0.05, 0.1) is 5.69 Å². The van der Waals surface area contributed by atoms with Crippen LogP contribution in [0.4, 0.5) is 5.13 Å². The zero-order valence-electron chi connectivity index (χ0n) is 15.8. The van der Waals surface area contributed by atoms with E-state index < -0.39 is 6.10 Å². The van der Waals surface area contributed by atoms with Crippen LogP contribution in [0.1, 0.15) is 16.1 Å². The summed E-state index contributed by atoms with van der Waals surface area (Å²) in [5, 5.41) is 3.54. The molecule has 3 heterocycles. The average Bonchev–Trinajstić information content (AvgIpc) is 3.15. The van der Waals surface area contributed by atoms with Crippen LogP contribution >= 0.6 is 11.3 Å². The Morgan fingerprint density at radius 2 is 1.93 bits per heavy atom. The fraction of sp³-hybridized carbons (Fsp3) is 0.273. The van der Waals surface area contributed by atoms with Gasteiger partial charge in [0.25, 0.3) is 5.91 Å². The van der Waals surface area contributed by atoms with E-state index in [0.29, 0.717) is 16.6 Å². The number of nitrogens with zero attached hydrogens (tertiary/aromatic N) is 2. The van der Waals surface area contributed by atoms with Gasteiger partial charge in [0.15, 0.2) is 16.6 Å². The normalized spacial score (nSPS) is 18.1. The summed E-state index contributed by atoms with van der Waals surface area (Å²) in [6.45, 7) is 2.94. The van der Waals surface area contributed by atoms with Crippen LogP contribution in [-0.4, -0.2) is 35.0 Å². The van der Waals surface area contributed by atoms with Crippen molar-refractivity contribution in [2.75, 3.05) is 18.5 Å². The van der Waals surface area contributed by atoms with Crippen LogP contribution in [0.2, 0.25) is 0 Å². The Morgan fingerprint density at radius 1 is 1.14 bits per heavy atom. The summed E-state index contributed by atoms with van der Waals surface area (Å²) in [7, 11) is 0. The van der Waals surface area contributed by atoms with Gasteiger partial charge in [-0.25, -0.2) is 4.98 Å². The van der Waals surface area contributed by atoms with Crippen LogP contribution < -0.4 is 14.8 Å². The molecule has 0 unspecified atom stereocenters. The third kappa shape index (κ3) is 3.97. The van der Waals surface area contributed by atoms with Crippen LogP contribution in [0.3, 0.4) is 0 Å². The van der Waals surface area contributed by atoms with Crippen molar-refractivity contribution in [3.8, 4) is 11.5 Å². The Hall–Kier alpha value is -2.90. The first-order chi connectivity index (χ1) is 14.2. The number of thiazole rings is 1. The molecule has 0 fully saturated rings. The number of benzene rings is 2. The summed E-state index contributed by atoms with van der Waals surface area (Å²) in [6, 6.07) is 17.9. The summed E-state index contributed by atoms with van der Waals surface area (Å²) in [4.78, 5) is 20.9. The molecule has 1 atom stereocenters. The Labute approximate surface area is 173 Å². The number of anilines is 1. The van der Waals surface area contributed by atoms with Gasteiger partial charge in [0, 0.05) is 30.9 Å². The Kier molecular flexibility index (Phi) is 4.91. The first-order valence-corrected chi connectivity index (χ1v) is 10.5. The van der Waals surface area contributed by atoms with Crippen LogP contribution in [0.25, 0.3) is 0 Å². The summed E-state index contributed by atoms with van der Waals surface area (Å²) >= 11 is 1.55. The van der Waals surface area contributed by atoms with Crippen molar-refractivity contribution < 1.29 is 14.3 Å². The number of fused-ring (bicyclic) bond motifs is 2. The molecule has 6 nitrogen and oxygen atoms in total. The number of ether oxygens (including phenoxy) is 2. The largest absolute Gasteiger partial charge is 0.485 e. The van der Waals surface area contributed by atoms with Crippen LogP contribution in [0.15, 0.2) is 54.6 Å². The van der Waals surface area contributed by atoms with Gasteiger partial charge >= 0.3 is 0 Å². The molecule has 0 aliphatic carbocycles. The van der Waals surface area contributed by atoms with Gasteiger partial charge in [0.1, 0.15) is 6.61 Å². The monoisotopic (exact) mass is 407 g/mol. The number of rotatable bonds is 4. The molecule has 29 heavy (non-hydrogen) atoms. The second-order valence-corrected chi connectivity index (χ2v) is 8.27. The predicted octanol–water partition coefficient (Wildman–Crippen LogP) is 3.48. The highest BCUT2D eigenvalue weighted by atomic mass is 32.1. The summed E-state index contributed by atoms with van der Waals surface area (Å²) in [5.74, 6) is 1.03. The van der Waals surface area contributed by atoms with Gasteiger partial charge in [-0.1, -0.05) is 42.5 Å². The van der Waals surface area contributed by atoms with E-state index in [-0.39, 0.29) is 12.5 Å². The zero-order valence-corrected chi connectivity index (χ0v) is 16.7. The molecule has 1 N–H and O–H groups in total. The topological polar surface area (TPSA) is 63.7 Å². The molecule has 1 aromatic heterocycles. The maximum Gasteiger partial charge on any atom is 0.270 e. The van der Waals surface area contributed by atoms with Crippen molar-refractivity contribution in [3.05, 3.63) is 70.7 Å². The van der Waals surface area contributed by atoms with E-state index in [2.05, 4.69) is 39.5 Å². The lowest BCUT2D eigenvalue weighted by Gasteiger charge is -2.25. The number of hydrogen-bond donors (Lipinski definition) is 1. The highest BCUT2D eigenvalue weighted by molar-refractivity contribution is 7.15. The average molecular weight is 407 g/mol. The minimum atomic E-state index is -0.680. The van der Waals surface area contributed by atoms with Gasteiger partial charge in [-0.05, 0) is 17.7 Å². The molecular weight excluding hydrogens is 386 g/mol. The molecule has 2 aromatic carbocycles. The van der Waals surface area contributed by atoms with Gasteiger partial charge in [-0.3, -0.25) is 15.0 Å². The molecule has 0 radical (unpaired) electrons. The van der Waals surface area contributed by atoms with Crippen molar-refractivity contribution in [1.82, 2.24) is 9.88 Å². The first-order valence-electron chi connectivity index (χ1n) is 9.69. The zero-order chi connectivity index (χ0) is 19.6. The molecule has 0 bridgehead atoms. The highest BCUT2D eigenvalue weighted by Gasteiger charge is 2.29. The lowest BCUT2D eigenvalue weighted by molar-refractivity contribution is -0.125. The fourth-order valence-corrected chi connectivity index (χ4v) is 4.67. The highest BCUT2D eigenvalue weighted by Crippen LogP contribution is 2.32. The molecule has 148 valence electrons. The molecule has 1 amide bonds. The smallest absolute Gasteiger partial charge is 0.270 e. The van der Waals surface area contributed by atoms with E-state index in [4.69, 9.17) is 9.47 Å². The number of para-hydroxylation sites is 2. The fourth-order valence-electron chi connectivity index (χ4n) is 3.61. The van der Waals surface area contributed by atoms with Crippen LogP contribution in [0, 0.1) is 0 Å². The maximum absolute atomic E-state index is 12.6. The lowest BCUT2D eigenvalue weighted by Crippen LogP contribution is -2.40. The maximum atomic E-state index is 12.6. The van der Waals surface area contributed by atoms with Crippen molar-refractivity contribution in [2.24, 2.45) is 0 Å². The quantitative estimate of drug-likeness (QED) is 0.717. The van der Waals surface area contributed by atoms with Gasteiger partial charge in [-0.2, -0.15) is 0 Å². The predicted molar refractivity (Wildman–Crippen MR) is 111 cm³/mol. The minimum Gasteiger partial charge on any atom is -0.485 e. The number of amides is 1. The Balaban J connectivity index is 1.22. The van der Waals surface area contributed by atoms with E-state index in [1.807, 2.05) is 24.3 Å². The molecule has 0 spiro atoms. The number of aromatic nitrogens is 1. The SMILES string of the molecule is O=C(Nc1nc2c(s1)CN(Cc1ccccc1)CC2)[C@H]1COc2ccccc2O1. The van der Waals surface area contributed by atoms with Gasteiger partial charge < -0.3 is 9.47 Å².